The molecule has 0 unspecified atom stereocenters. The molecule has 220 valence electrons. The second-order valence-corrected chi connectivity index (χ2v) is 13.8. The van der Waals surface area contributed by atoms with Crippen LogP contribution in [0.3, 0.4) is 0 Å². The minimum absolute atomic E-state index is 0.112. The Balaban J connectivity index is 1.20. The lowest BCUT2D eigenvalue weighted by atomic mass is 9.86. The van der Waals surface area contributed by atoms with Gasteiger partial charge in [0.2, 0.25) is 0 Å². The van der Waals surface area contributed by atoms with E-state index in [9.17, 15) is 9.59 Å². The number of piperazine rings is 1. The van der Waals surface area contributed by atoms with Gasteiger partial charge >= 0.3 is 12.2 Å². The molecular weight excluding hydrogens is 538 g/mol. The lowest BCUT2D eigenvalue weighted by Crippen LogP contribution is -2.50. The highest BCUT2D eigenvalue weighted by atomic mass is 32.1. The molecule has 2 N–H and O–H groups in total. The first-order valence-electron chi connectivity index (χ1n) is 14.3. The number of amides is 2. The lowest BCUT2D eigenvalue weighted by Gasteiger charge is -2.37. The maximum Gasteiger partial charge on any atom is 0.410 e. The quantitative estimate of drug-likeness (QED) is 0.357. The van der Waals surface area contributed by atoms with Crippen LogP contribution in [0.2, 0.25) is 0 Å². The molecule has 41 heavy (non-hydrogen) atoms. The number of thiophene rings is 1. The molecule has 0 radical (unpaired) electrons. The molecule has 1 aliphatic carbocycles. The molecule has 1 aromatic carbocycles. The number of hydrogen-bond acceptors (Lipinski definition) is 8. The van der Waals surface area contributed by atoms with Gasteiger partial charge in [-0.2, -0.15) is 0 Å². The second-order valence-electron chi connectivity index (χ2n) is 12.8. The SMILES string of the molecule is CC(C)(C)OC(=O)NC1CC(Nc2cc(-c3ccc(N4CCN(C(=O)OC(C)(C)C)CC4)cc3)nc3ccsc23)C1. The monoisotopic (exact) mass is 579 g/mol. The van der Waals surface area contributed by atoms with E-state index in [-0.39, 0.29) is 24.3 Å². The summed E-state index contributed by atoms with van der Waals surface area (Å²) in [7, 11) is 0. The van der Waals surface area contributed by atoms with Crippen LogP contribution in [0.4, 0.5) is 21.0 Å². The Labute approximate surface area is 246 Å². The van der Waals surface area contributed by atoms with E-state index in [2.05, 4.69) is 57.3 Å². The summed E-state index contributed by atoms with van der Waals surface area (Å²) in [6.45, 7) is 14.1. The zero-order chi connectivity index (χ0) is 29.4. The van der Waals surface area contributed by atoms with Crippen molar-refractivity contribution >= 4 is 45.1 Å². The number of anilines is 2. The van der Waals surface area contributed by atoms with Crippen LogP contribution in [-0.2, 0) is 9.47 Å². The second kappa shape index (κ2) is 11.4. The number of carbonyl (C=O) groups is 2. The van der Waals surface area contributed by atoms with Gasteiger partial charge in [-0.3, -0.25) is 0 Å². The molecule has 1 saturated carbocycles. The fourth-order valence-corrected chi connectivity index (χ4v) is 5.89. The molecule has 9 nitrogen and oxygen atoms in total. The topological polar surface area (TPSA) is 96.0 Å². The standard InChI is InChI=1S/C31H41N5O4S/c1-30(2,3)39-28(37)33-22-17-21(18-22)32-26-19-25(34-24-11-16-41-27(24)26)20-7-9-23(10-8-20)35-12-14-36(15-13-35)29(38)40-31(4,5)6/h7-11,16,19,21-22H,12-15,17-18H2,1-6H3,(H,32,34)(H,33,37). The summed E-state index contributed by atoms with van der Waals surface area (Å²) >= 11 is 1.68. The average molecular weight is 580 g/mol. The zero-order valence-electron chi connectivity index (χ0n) is 24.8. The minimum atomic E-state index is -0.501. The van der Waals surface area contributed by atoms with Crippen molar-refractivity contribution in [2.24, 2.45) is 0 Å². The van der Waals surface area contributed by atoms with E-state index in [0.717, 1.165) is 58.8 Å². The molecule has 2 fully saturated rings. The highest BCUT2D eigenvalue weighted by molar-refractivity contribution is 7.17. The number of rotatable bonds is 5. The first-order valence-corrected chi connectivity index (χ1v) is 15.2. The van der Waals surface area contributed by atoms with Gasteiger partial charge in [0.1, 0.15) is 11.2 Å². The number of ether oxygens (including phenoxy) is 2. The van der Waals surface area contributed by atoms with E-state index in [0.29, 0.717) is 13.1 Å². The van der Waals surface area contributed by atoms with Gasteiger partial charge in [0.25, 0.3) is 0 Å². The number of fused-ring (bicyclic) bond motifs is 1. The predicted molar refractivity (Wildman–Crippen MR) is 165 cm³/mol. The molecule has 2 amide bonds. The summed E-state index contributed by atoms with van der Waals surface area (Å²) < 4.78 is 12.0. The van der Waals surface area contributed by atoms with Gasteiger partial charge in [-0.15, -0.1) is 11.3 Å². The van der Waals surface area contributed by atoms with Crippen LogP contribution < -0.4 is 15.5 Å². The molecule has 10 heteroatoms. The summed E-state index contributed by atoms with van der Waals surface area (Å²) in [5.74, 6) is 0. The number of hydrogen-bond donors (Lipinski definition) is 2. The molecule has 1 saturated heterocycles. The molecule has 0 atom stereocenters. The third-order valence-electron chi connectivity index (χ3n) is 7.09. The first-order chi connectivity index (χ1) is 19.3. The van der Waals surface area contributed by atoms with E-state index in [1.54, 1.807) is 16.2 Å². The number of pyridine rings is 1. The van der Waals surface area contributed by atoms with Crippen LogP contribution >= 0.6 is 11.3 Å². The number of alkyl carbamates (subject to hydrolysis) is 1. The van der Waals surface area contributed by atoms with Gasteiger partial charge in [-0.05, 0) is 84.0 Å². The summed E-state index contributed by atoms with van der Waals surface area (Å²) in [5, 5.41) is 8.72. The Morgan fingerprint density at radius 3 is 2.20 bits per heavy atom. The molecule has 3 heterocycles. The fourth-order valence-electron chi connectivity index (χ4n) is 5.08. The Morgan fingerprint density at radius 2 is 1.56 bits per heavy atom. The van der Waals surface area contributed by atoms with E-state index in [1.807, 2.05) is 41.5 Å². The Morgan fingerprint density at radius 1 is 0.902 bits per heavy atom. The molecule has 0 bridgehead atoms. The third kappa shape index (κ3) is 7.41. The maximum absolute atomic E-state index is 12.4. The van der Waals surface area contributed by atoms with Crippen LogP contribution in [-0.4, -0.2) is 71.5 Å². The van der Waals surface area contributed by atoms with Crippen LogP contribution in [0.5, 0.6) is 0 Å². The fraction of sp³-hybridized carbons (Fsp3) is 0.516. The van der Waals surface area contributed by atoms with Crippen molar-refractivity contribution in [2.45, 2.75) is 77.7 Å². The number of nitrogens with zero attached hydrogens (tertiary/aromatic N) is 3. The van der Waals surface area contributed by atoms with E-state index in [4.69, 9.17) is 14.5 Å². The number of benzene rings is 1. The Bertz CT molecular complexity index is 1380. The third-order valence-corrected chi connectivity index (χ3v) is 8.03. The zero-order valence-corrected chi connectivity index (χ0v) is 25.6. The maximum atomic E-state index is 12.4. The van der Waals surface area contributed by atoms with Crippen molar-refractivity contribution in [2.75, 3.05) is 36.4 Å². The number of nitrogens with one attached hydrogen (secondary N) is 2. The van der Waals surface area contributed by atoms with Crippen molar-refractivity contribution in [3.8, 4) is 11.3 Å². The largest absolute Gasteiger partial charge is 0.444 e. The molecule has 5 rings (SSSR count). The van der Waals surface area contributed by atoms with Crippen molar-refractivity contribution in [3.63, 3.8) is 0 Å². The van der Waals surface area contributed by atoms with Crippen molar-refractivity contribution in [1.82, 2.24) is 15.2 Å². The van der Waals surface area contributed by atoms with Gasteiger partial charge in [-0.1, -0.05) is 12.1 Å². The minimum Gasteiger partial charge on any atom is -0.444 e. The Kier molecular flexibility index (Phi) is 8.05. The molecule has 3 aromatic rings. The van der Waals surface area contributed by atoms with Crippen molar-refractivity contribution in [3.05, 3.63) is 41.8 Å². The number of carbonyl (C=O) groups excluding carboxylic acids is 2. The van der Waals surface area contributed by atoms with Crippen LogP contribution in [0, 0.1) is 0 Å². The summed E-state index contributed by atoms with van der Waals surface area (Å²) in [6, 6.07) is 13.1. The first kappa shape index (κ1) is 29.0. The molecular formula is C31H41N5O4S. The molecule has 2 aliphatic rings. The number of aromatic nitrogens is 1. The van der Waals surface area contributed by atoms with Crippen LogP contribution in [0.15, 0.2) is 41.8 Å². The Hall–Kier alpha value is -3.53. The van der Waals surface area contributed by atoms with E-state index >= 15 is 0 Å². The van der Waals surface area contributed by atoms with Gasteiger partial charge < -0.3 is 29.9 Å². The summed E-state index contributed by atoms with van der Waals surface area (Å²) in [5.41, 5.74) is 4.16. The summed E-state index contributed by atoms with van der Waals surface area (Å²) in [4.78, 5) is 33.5. The summed E-state index contributed by atoms with van der Waals surface area (Å²) in [6.07, 6.45) is 1.09. The van der Waals surface area contributed by atoms with Gasteiger partial charge in [0, 0.05) is 49.5 Å². The van der Waals surface area contributed by atoms with Gasteiger partial charge in [0.15, 0.2) is 0 Å². The predicted octanol–water partition coefficient (Wildman–Crippen LogP) is 6.49. The van der Waals surface area contributed by atoms with Crippen LogP contribution in [0.1, 0.15) is 54.4 Å². The molecule has 2 aromatic heterocycles. The van der Waals surface area contributed by atoms with Crippen molar-refractivity contribution in [1.29, 1.82) is 0 Å². The smallest absolute Gasteiger partial charge is 0.410 e. The lowest BCUT2D eigenvalue weighted by molar-refractivity contribution is 0.0240. The molecule has 0 spiro atoms. The normalized spacial score (nSPS) is 19.5. The van der Waals surface area contributed by atoms with Crippen LogP contribution in [0.25, 0.3) is 21.5 Å². The average Bonchev–Trinajstić information content (AvgIpc) is 3.34. The highest BCUT2D eigenvalue weighted by Crippen LogP contribution is 2.35. The van der Waals surface area contributed by atoms with Crippen molar-refractivity contribution < 1.29 is 19.1 Å². The van der Waals surface area contributed by atoms with E-state index in [1.165, 1.54) is 0 Å². The molecule has 1 aliphatic heterocycles. The van der Waals surface area contributed by atoms with E-state index < -0.39 is 11.2 Å². The van der Waals surface area contributed by atoms with Gasteiger partial charge in [-0.25, -0.2) is 14.6 Å². The highest BCUT2D eigenvalue weighted by Gasteiger charge is 2.32. The van der Waals surface area contributed by atoms with Gasteiger partial charge in [0.05, 0.1) is 21.6 Å².